The van der Waals surface area contributed by atoms with Crippen molar-refractivity contribution < 1.29 is 0 Å². The highest BCUT2D eigenvalue weighted by Gasteiger charge is 2.18. The lowest BCUT2D eigenvalue weighted by Gasteiger charge is -2.25. The average molecular weight is 402 g/mol. The number of benzene rings is 5. The lowest BCUT2D eigenvalue weighted by atomic mass is 10.1. The Morgan fingerprint density at radius 2 is 1.03 bits per heavy atom. The minimum atomic E-state index is 1.17. The van der Waals surface area contributed by atoms with E-state index in [0.29, 0.717) is 0 Å². The molecule has 0 unspecified atom stereocenters. The second kappa shape index (κ2) is 7.01. The lowest BCUT2D eigenvalue weighted by molar-refractivity contribution is 1.30. The van der Waals surface area contributed by atoms with E-state index in [-0.39, 0.29) is 0 Å². The molecule has 0 aliphatic heterocycles. The van der Waals surface area contributed by atoms with Crippen LogP contribution < -0.4 is 4.90 Å². The van der Waals surface area contributed by atoms with Gasteiger partial charge in [0.1, 0.15) is 0 Å². The normalized spacial score (nSPS) is 11.3. The summed E-state index contributed by atoms with van der Waals surface area (Å²) in [7, 11) is 0. The fraction of sp³-hybridized carbons (Fsp3) is 0. The number of para-hydroxylation sites is 2. The van der Waals surface area contributed by atoms with Crippen LogP contribution in [-0.4, -0.2) is 0 Å². The van der Waals surface area contributed by atoms with Crippen molar-refractivity contribution in [3.05, 3.63) is 115 Å². The van der Waals surface area contributed by atoms with Gasteiger partial charge in [-0.05, 0) is 41.1 Å². The Morgan fingerprint density at radius 1 is 0.433 bits per heavy atom. The van der Waals surface area contributed by atoms with Crippen LogP contribution in [0.1, 0.15) is 0 Å². The Hall–Kier alpha value is -3.62. The van der Waals surface area contributed by atoms with E-state index in [2.05, 4.69) is 120 Å². The predicted octanol–water partition coefficient (Wildman–Crippen LogP) is 8.68. The van der Waals surface area contributed by atoms with Crippen LogP contribution in [0.4, 0.5) is 17.1 Å². The van der Waals surface area contributed by atoms with E-state index in [0.717, 1.165) is 0 Å². The third kappa shape index (κ3) is 2.69. The maximum absolute atomic E-state index is 2.36. The number of nitrogens with zero attached hydrogens (tertiary/aromatic N) is 1. The fourth-order valence-electron chi connectivity index (χ4n) is 4.27. The first-order chi connectivity index (χ1) is 14.9. The summed E-state index contributed by atoms with van der Waals surface area (Å²) in [5.41, 5.74) is 3.55. The fourth-order valence-corrected chi connectivity index (χ4v) is 5.61. The zero-order valence-corrected chi connectivity index (χ0v) is 17.1. The highest BCUT2D eigenvalue weighted by Crippen LogP contribution is 2.46. The third-order valence-corrected chi connectivity index (χ3v) is 6.91. The highest BCUT2D eigenvalue weighted by atomic mass is 32.1. The SMILES string of the molecule is c1ccc(N(c2ccccc2)c2cccc3c2sc2c4ccccc4ccc32)cc1. The molecule has 30 heavy (non-hydrogen) atoms. The van der Waals surface area contributed by atoms with Gasteiger partial charge >= 0.3 is 0 Å². The van der Waals surface area contributed by atoms with Gasteiger partial charge in [0, 0.05) is 26.8 Å². The monoisotopic (exact) mass is 401 g/mol. The summed E-state index contributed by atoms with van der Waals surface area (Å²) in [5.74, 6) is 0. The van der Waals surface area contributed by atoms with Gasteiger partial charge in [0.15, 0.2) is 0 Å². The first kappa shape index (κ1) is 17.3. The predicted molar refractivity (Wildman–Crippen MR) is 132 cm³/mol. The third-order valence-electron chi connectivity index (χ3n) is 5.64. The van der Waals surface area contributed by atoms with Gasteiger partial charge in [-0.1, -0.05) is 84.9 Å². The van der Waals surface area contributed by atoms with E-state index in [1.807, 2.05) is 11.3 Å². The van der Waals surface area contributed by atoms with Gasteiger partial charge in [-0.15, -0.1) is 11.3 Å². The molecule has 0 radical (unpaired) electrons. The molecular weight excluding hydrogens is 382 g/mol. The number of thiophene rings is 1. The number of hydrogen-bond acceptors (Lipinski definition) is 2. The molecule has 1 nitrogen and oxygen atoms in total. The summed E-state index contributed by atoms with van der Waals surface area (Å²) in [6.45, 7) is 0. The molecule has 0 spiro atoms. The Balaban J connectivity index is 1.69. The summed E-state index contributed by atoms with van der Waals surface area (Å²) >= 11 is 1.89. The molecule has 0 aliphatic carbocycles. The average Bonchev–Trinajstić information content (AvgIpc) is 3.21. The quantitative estimate of drug-likeness (QED) is 0.287. The molecule has 0 bridgehead atoms. The molecule has 0 fully saturated rings. The van der Waals surface area contributed by atoms with E-state index in [9.17, 15) is 0 Å². The topological polar surface area (TPSA) is 3.24 Å². The minimum absolute atomic E-state index is 1.17. The Morgan fingerprint density at radius 3 is 1.77 bits per heavy atom. The summed E-state index contributed by atoms with van der Waals surface area (Å²) in [6.07, 6.45) is 0. The molecule has 0 aliphatic rings. The number of hydrogen-bond donors (Lipinski definition) is 0. The first-order valence-corrected chi connectivity index (χ1v) is 10.9. The zero-order chi connectivity index (χ0) is 19.9. The van der Waals surface area contributed by atoms with Crippen LogP contribution in [0.3, 0.4) is 0 Å². The molecule has 0 saturated carbocycles. The van der Waals surface area contributed by atoms with Crippen LogP contribution >= 0.6 is 11.3 Å². The van der Waals surface area contributed by atoms with Gasteiger partial charge in [-0.25, -0.2) is 0 Å². The molecule has 5 aromatic carbocycles. The zero-order valence-electron chi connectivity index (χ0n) is 16.3. The summed E-state index contributed by atoms with van der Waals surface area (Å²) in [5, 5.41) is 5.26. The van der Waals surface area contributed by atoms with Crippen LogP contribution in [0, 0.1) is 0 Å². The Kier molecular flexibility index (Phi) is 4.03. The lowest BCUT2D eigenvalue weighted by Crippen LogP contribution is -2.09. The molecule has 0 atom stereocenters. The summed E-state index contributed by atoms with van der Waals surface area (Å²) in [6, 6.07) is 41.1. The number of fused-ring (bicyclic) bond motifs is 5. The van der Waals surface area contributed by atoms with Crippen molar-refractivity contribution in [1.82, 2.24) is 0 Å². The smallest absolute Gasteiger partial charge is 0.0640 e. The first-order valence-electron chi connectivity index (χ1n) is 10.1. The van der Waals surface area contributed by atoms with Crippen LogP contribution in [0.25, 0.3) is 30.9 Å². The molecule has 0 N–H and O–H groups in total. The molecule has 6 rings (SSSR count). The number of rotatable bonds is 3. The highest BCUT2D eigenvalue weighted by molar-refractivity contribution is 7.27. The maximum Gasteiger partial charge on any atom is 0.0640 e. The van der Waals surface area contributed by atoms with Crippen molar-refractivity contribution in [3.63, 3.8) is 0 Å². The van der Waals surface area contributed by atoms with Gasteiger partial charge in [-0.2, -0.15) is 0 Å². The second-order valence-corrected chi connectivity index (χ2v) is 8.45. The van der Waals surface area contributed by atoms with Crippen molar-refractivity contribution in [3.8, 4) is 0 Å². The number of anilines is 3. The minimum Gasteiger partial charge on any atom is -0.309 e. The maximum atomic E-state index is 2.36. The van der Waals surface area contributed by atoms with Crippen LogP contribution in [0.5, 0.6) is 0 Å². The van der Waals surface area contributed by atoms with Crippen LogP contribution in [-0.2, 0) is 0 Å². The van der Waals surface area contributed by atoms with E-state index in [1.54, 1.807) is 0 Å². The van der Waals surface area contributed by atoms with Gasteiger partial charge < -0.3 is 4.90 Å². The van der Waals surface area contributed by atoms with Gasteiger partial charge in [0.05, 0.1) is 10.4 Å². The second-order valence-electron chi connectivity index (χ2n) is 7.43. The van der Waals surface area contributed by atoms with Gasteiger partial charge in [0.25, 0.3) is 0 Å². The van der Waals surface area contributed by atoms with E-state index >= 15 is 0 Å². The van der Waals surface area contributed by atoms with Gasteiger partial charge in [0.2, 0.25) is 0 Å². The van der Waals surface area contributed by atoms with E-state index in [1.165, 1.54) is 48.0 Å². The Labute approximate surface area is 179 Å². The summed E-state index contributed by atoms with van der Waals surface area (Å²) in [4.78, 5) is 2.36. The molecule has 1 heterocycles. The molecule has 0 amide bonds. The van der Waals surface area contributed by atoms with Crippen molar-refractivity contribution in [2.45, 2.75) is 0 Å². The largest absolute Gasteiger partial charge is 0.309 e. The van der Waals surface area contributed by atoms with Crippen molar-refractivity contribution in [2.24, 2.45) is 0 Å². The van der Waals surface area contributed by atoms with Crippen LogP contribution in [0.2, 0.25) is 0 Å². The molecular formula is C28H19NS. The Bertz CT molecular complexity index is 1440. The molecule has 6 aromatic rings. The molecule has 2 heteroatoms. The van der Waals surface area contributed by atoms with Crippen molar-refractivity contribution >= 4 is 59.3 Å². The molecule has 1 aromatic heterocycles. The van der Waals surface area contributed by atoms with Crippen LogP contribution in [0.15, 0.2) is 115 Å². The van der Waals surface area contributed by atoms with Crippen molar-refractivity contribution in [1.29, 1.82) is 0 Å². The van der Waals surface area contributed by atoms with Gasteiger partial charge in [-0.3, -0.25) is 0 Å². The summed E-state index contributed by atoms with van der Waals surface area (Å²) < 4.78 is 2.67. The standard InChI is InChI=1S/C28H19NS/c1-3-11-21(12-4-1)29(22-13-5-2-6-14-22)26-17-9-16-24-25-19-18-20-10-7-8-15-23(20)27(25)30-28(24)26/h1-19H. The van der Waals surface area contributed by atoms with Crippen molar-refractivity contribution in [2.75, 3.05) is 4.90 Å². The van der Waals surface area contributed by atoms with E-state index in [4.69, 9.17) is 0 Å². The van der Waals surface area contributed by atoms with E-state index < -0.39 is 0 Å². The molecule has 0 saturated heterocycles. The molecule has 142 valence electrons.